The molecule has 0 aliphatic carbocycles. The third-order valence-corrected chi connectivity index (χ3v) is 8.81. The summed E-state index contributed by atoms with van der Waals surface area (Å²) in [6.45, 7) is 21.4. The van der Waals surface area contributed by atoms with Crippen molar-refractivity contribution in [3.63, 3.8) is 0 Å². The standard InChI is InChI=1S/C32H60O12S/c1-11-26(42-30(14-4)34-18-22(8)39-30)33-21-25(45-17-7)29(37-27(12-2)43-31(15-5)35-19-23(9)40-31)38-28(13-3)44-32(16-6)36-20-24(10)41-32/h22-29H,11-21H2,1-10H3. The molecule has 0 aromatic rings. The molecule has 0 N–H and O–H groups in total. The zero-order valence-corrected chi connectivity index (χ0v) is 30.0. The van der Waals surface area contributed by atoms with Crippen molar-refractivity contribution in [2.45, 2.75) is 174 Å². The third kappa shape index (κ3) is 11.2. The van der Waals surface area contributed by atoms with E-state index in [1.807, 2.05) is 62.3 Å². The molecule has 13 heteroatoms. The lowest BCUT2D eigenvalue weighted by molar-refractivity contribution is -0.424. The Morgan fingerprint density at radius 2 is 0.978 bits per heavy atom. The van der Waals surface area contributed by atoms with Crippen LogP contribution in [0.4, 0.5) is 0 Å². The summed E-state index contributed by atoms with van der Waals surface area (Å²) in [6, 6.07) is 0. The summed E-state index contributed by atoms with van der Waals surface area (Å²) in [4.78, 5) is 0. The predicted molar refractivity (Wildman–Crippen MR) is 168 cm³/mol. The second kappa shape index (κ2) is 18.6. The van der Waals surface area contributed by atoms with Gasteiger partial charge in [-0.15, -0.1) is 0 Å². The molecule has 0 amide bonds. The summed E-state index contributed by atoms with van der Waals surface area (Å²) in [7, 11) is 0. The maximum atomic E-state index is 6.62. The van der Waals surface area contributed by atoms with E-state index in [2.05, 4.69) is 6.92 Å². The van der Waals surface area contributed by atoms with Crippen LogP contribution in [-0.4, -0.2) is 98.8 Å². The molecule has 3 rings (SSSR count). The van der Waals surface area contributed by atoms with Crippen LogP contribution in [0.3, 0.4) is 0 Å². The van der Waals surface area contributed by atoms with E-state index in [0.29, 0.717) is 58.3 Å². The highest BCUT2D eigenvalue weighted by atomic mass is 32.2. The summed E-state index contributed by atoms with van der Waals surface area (Å²) in [5.41, 5.74) is 0. The molecule has 3 fully saturated rings. The van der Waals surface area contributed by atoms with E-state index >= 15 is 0 Å². The minimum absolute atomic E-state index is 0.0570. The summed E-state index contributed by atoms with van der Waals surface area (Å²) in [5, 5.41) is -0.284. The fourth-order valence-corrected chi connectivity index (χ4v) is 6.12. The number of thioether (sulfide) groups is 1. The molecule has 3 aliphatic heterocycles. The molecule has 3 heterocycles. The van der Waals surface area contributed by atoms with Gasteiger partial charge >= 0.3 is 0 Å². The van der Waals surface area contributed by atoms with Crippen LogP contribution >= 0.6 is 11.8 Å². The summed E-state index contributed by atoms with van der Waals surface area (Å²) >= 11 is 1.66. The predicted octanol–water partition coefficient (Wildman–Crippen LogP) is 6.24. The number of rotatable bonds is 22. The molecule has 10 atom stereocenters. The van der Waals surface area contributed by atoms with Gasteiger partial charge in [0.15, 0.2) is 25.2 Å². The third-order valence-electron chi connectivity index (χ3n) is 7.69. The number of hydrogen-bond acceptors (Lipinski definition) is 13. The molecule has 45 heavy (non-hydrogen) atoms. The second-order valence-corrected chi connectivity index (χ2v) is 13.2. The van der Waals surface area contributed by atoms with Gasteiger partial charge in [-0.3, -0.25) is 14.2 Å². The Balaban J connectivity index is 1.80. The van der Waals surface area contributed by atoms with E-state index in [1.54, 1.807) is 11.8 Å². The van der Waals surface area contributed by atoms with Gasteiger partial charge in [0.2, 0.25) is 0 Å². The average Bonchev–Trinajstić information content (AvgIpc) is 3.73. The van der Waals surface area contributed by atoms with Crippen LogP contribution in [0, 0.1) is 0 Å². The highest BCUT2D eigenvalue weighted by Crippen LogP contribution is 2.35. The quantitative estimate of drug-likeness (QED) is 0.122. The van der Waals surface area contributed by atoms with Crippen molar-refractivity contribution >= 4 is 11.8 Å². The van der Waals surface area contributed by atoms with Gasteiger partial charge in [-0.25, -0.2) is 0 Å². The van der Waals surface area contributed by atoms with Gasteiger partial charge in [0.05, 0.1) is 50.0 Å². The number of ether oxygens (including phenoxy) is 12. The maximum Gasteiger partial charge on any atom is 0.285 e. The minimum atomic E-state index is -1.18. The SMILES string of the molecule is CCSC(COC(CC)OC1(CC)OCC(C)O1)C(OC(CC)OC1(CC)OCC(C)O1)OC(CC)OC1(CC)OCC(C)O1. The van der Waals surface area contributed by atoms with E-state index in [0.717, 1.165) is 5.75 Å². The highest BCUT2D eigenvalue weighted by Gasteiger charge is 2.46. The van der Waals surface area contributed by atoms with Crippen molar-refractivity contribution in [2.24, 2.45) is 0 Å². The van der Waals surface area contributed by atoms with Crippen LogP contribution in [0.15, 0.2) is 0 Å². The van der Waals surface area contributed by atoms with E-state index in [9.17, 15) is 0 Å². The molecular weight excluding hydrogens is 608 g/mol. The first-order valence-electron chi connectivity index (χ1n) is 17.0. The summed E-state index contributed by atoms with van der Waals surface area (Å²) in [5.74, 6) is -2.70. The van der Waals surface area contributed by atoms with Gasteiger partial charge in [-0.1, -0.05) is 48.5 Å². The smallest absolute Gasteiger partial charge is 0.285 e. The van der Waals surface area contributed by atoms with Crippen LogP contribution in [0.5, 0.6) is 0 Å². The lowest BCUT2D eigenvalue weighted by atomic mass is 10.3. The zero-order chi connectivity index (χ0) is 33.1. The molecule has 12 nitrogen and oxygen atoms in total. The van der Waals surface area contributed by atoms with Gasteiger partial charge < -0.3 is 42.6 Å². The minimum Gasteiger partial charge on any atom is -0.351 e. The normalized spacial score (nSPS) is 35.5. The van der Waals surface area contributed by atoms with Crippen molar-refractivity contribution < 1.29 is 56.8 Å². The van der Waals surface area contributed by atoms with Gasteiger partial charge in [-0.05, 0) is 45.8 Å². The first kappa shape index (κ1) is 39.3. The number of hydrogen-bond donors (Lipinski definition) is 0. The fraction of sp³-hybridized carbons (Fsp3) is 1.00. The fourth-order valence-electron chi connectivity index (χ4n) is 5.23. The van der Waals surface area contributed by atoms with E-state index in [4.69, 9.17) is 56.8 Å². The second-order valence-electron chi connectivity index (χ2n) is 11.7. The summed E-state index contributed by atoms with van der Waals surface area (Å²) in [6.07, 6.45) is 0.203. The first-order valence-corrected chi connectivity index (χ1v) is 18.1. The molecular formula is C32H60O12S. The van der Waals surface area contributed by atoms with Crippen molar-refractivity contribution in [3.8, 4) is 0 Å². The van der Waals surface area contributed by atoms with Crippen molar-refractivity contribution in [2.75, 3.05) is 32.2 Å². The topological polar surface area (TPSA) is 111 Å². The van der Waals surface area contributed by atoms with Gasteiger partial charge in [0, 0.05) is 19.3 Å². The Hall–Kier alpha value is -0.130. The Labute approximate surface area is 275 Å². The first-order chi connectivity index (χ1) is 21.5. The van der Waals surface area contributed by atoms with Crippen molar-refractivity contribution in [1.82, 2.24) is 0 Å². The molecule has 3 saturated heterocycles. The van der Waals surface area contributed by atoms with Crippen molar-refractivity contribution in [3.05, 3.63) is 0 Å². The van der Waals surface area contributed by atoms with Gasteiger partial charge in [0.1, 0.15) is 0 Å². The largest absolute Gasteiger partial charge is 0.351 e. The molecule has 0 saturated carbocycles. The van der Waals surface area contributed by atoms with Crippen LogP contribution in [0.2, 0.25) is 0 Å². The zero-order valence-electron chi connectivity index (χ0n) is 29.2. The van der Waals surface area contributed by atoms with Crippen LogP contribution in [-0.2, 0) is 56.8 Å². The lowest BCUT2D eigenvalue weighted by Crippen LogP contribution is -2.46. The Morgan fingerprint density at radius 1 is 0.600 bits per heavy atom. The maximum absolute atomic E-state index is 6.62. The highest BCUT2D eigenvalue weighted by molar-refractivity contribution is 7.99. The summed E-state index contributed by atoms with van der Waals surface area (Å²) < 4.78 is 74.4. The molecule has 0 aromatic carbocycles. The molecule has 3 aliphatic rings. The molecule has 0 spiro atoms. The van der Waals surface area contributed by atoms with Crippen LogP contribution in [0.1, 0.15) is 108 Å². The van der Waals surface area contributed by atoms with Gasteiger partial charge in [0.25, 0.3) is 17.9 Å². The Bertz CT molecular complexity index is 802. The molecule has 0 radical (unpaired) electrons. The van der Waals surface area contributed by atoms with E-state index in [-0.39, 0.29) is 30.2 Å². The lowest BCUT2D eigenvalue weighted by Gasteiger charge is -2.38. The molecule has 266 valence electrons. The molecule has 0 aromatic heterocycles. The monoisotopic (exact) mass is 668 g/mol. The van der Waals surface area contributed by atoms with E-state index in [1.165, 1.54) is 0 Å². The average molecular weight is 669 g/mol. The Morgan fingerprint density at radius 3 is 1.27 bits per heavy atom. The van der Waals surface area contributed by atoms with Crippen LogP contribution in [0.25, 0.3) is 0 Å². The Kier molecular flexibility index (Phi) is 16.2. The van der Waals surface area contributed by atoms with Gasteiger partial charge in [-0.2, -0.15) is 11.8 Å². The molecule has 0 bridgehead atoms. The van der Waals surface area contributed by atoms with Crippen LogP contribution < -0.4 is 0 Å². The molecule has 10 unspecified atom stereocenters. The van der Waals surface area contributed by atoms with E-state index < -0.39 is 43.1 Å². The van der Waals surface area contributed by atoms with Crippen molar-refractivity contribution in [1.29, 1.82) is 0 Å².